The molecule has 3 N–H and O–H groups in total. The first-order valence-corrected chi connectivity index (χ1v) is 11.2. The number of nitrogens with one attached hydrogen (secondary N) is 1. The van der Waals surface area contributed by atoms with Crippen LogP contribution in [0.1, 0.15) is 54.2 Å². The maximum Gasteiger partial charge on any atom is 0.418 e. The molecular formula is C22H22F4N4OS. The summed E-state index contributed by atoms with van der Waals surface area (Å²) in [6.45, 7) is 2.06. The van der Waals surface area contributed by atoms with E-state index in [0.29, 0.717) is 17.3 Å². The number of nitrogens with zero attached hydrogens (tertiary/aromatic N) is 2. The fourth-order valence-corrected chi connectivity index (χ4v) is 5.76. The molecule has 2 heterocycles. The molecule has 0 radical (unpaired) electrons. The summed E-state index contributed by atoms with van der Waals surface area (Å²) in [7, 11) is 0. The first-order valence-electron chi connectivity index (χ1n) is 10.2. The number of benzene rings is 1. The number of aliphatic imine (C=N–C) groups is 1. The van der Waals surface area contributed by atoms with Crippen molar-refractivity contribution in [3.05, 3.63) is 59.2 Å². The van der Waals surface area contributed by atoms with E-state index >= 15 is 4.39 Å². The van der Waals surface area contributed by atoms with Crippen LogP contribution >= 0.6 is 11.8 Å². The van der Waals surface area contributed by atoms with Crippen molar-refractivity contribution in [3.8, 4) is 0 Å². The Morgan fingerprint density at radius 2 is 1.97 bits per heavy atom. The first-order chi connectivity index (χ1) is 15.1. The Bertz CT molecular complexity index is 1090. The summed E-state index contributed by atoms with van der Waals surface area (Å²) in [6.07, 6.45) is -0.344. The number of hydrogen-bond donors (Lipinski definition) is 2. The third kappa shape index (κ3) is 3.85. The fraction of sp³-hybridized carbons (Fsp3) is 0.409. The molecule has 0 bridgehead atoms. The molecule has 1 aromatic heterocycles. The van der Waals surface area contributed by atoms with Crippen molar-refractivity contribution in [1.29, 1.82) is 0 Å². The third-order valence-corrected chi connectivity index (χ3v) is 7.52. The monoisotopic (exact) mass is 466 g/mol. The zero-order chi connectivity index (χ0) is 23.1. The van der Waals surface area contributed by atoms with Crippen molar-refractivity contribution in [2.75, 3.05) is 11.1 Å². The lowest BCUT2D eigenvalue weighted by Gasteiger charge is -2.52. The van der Waals surface area contributed by atoms with E-state index < -0.39 is 34.7 Å². The molecule has 1 fully saturated rings. The number of fused-ring (bicyclic) bond motifs is 1. The van der Waals surface area contributed by atoms with Gasteiger partial charge in [-0.15, -0.1) is 0 Å². The van der Waals surface area contributed by atoms with Crippen LogP contribution in [0.5, 0.6) is 0 Å². The van der Waals surface area contributed by atoms with E-state index in [2.05, 4.69) is 17.2 Å². The number of carbonyl (C=O) groups excluding carboxylic acids is 1. The molecule has 1 aliphatic carbocycles. The van der Waals surface area contributed by atoms with Crippen LogP contribution in [-0.4, -0.2) is 21.8 Å². The summed E-state index contributed by atoms with van der Waals surface area (Å²) in [4.78, 5) is 20.9. The van der Waals surface area contributed by atoms with Crippen LogP contribution in [0.15, 0.2) is 41.5 Å². The Morgan fingerprint density at radius 1 is 1.22 bits per heavy atom. The van der Waals surface area contributed by atoms with Crippen molar-refractivity contribution in [1.82, 2.24) is 4.98 Å². The average Bonchev–Trinajstić information content (AvgIpc) is 2.74. The van der Waals surface area contributed by atoms with Crippen LogP contribution in [0.25, 0.3) is 0 Å². The number of amidine groups is 1. The summed E-state index contributed by atoms with van der Waals surface area (Å²) >= 11 is 1.44. The van der Waals surface area contributed by atoms with E-state index in [1.54, 1.807) is 0 Å². The second-order valence-electron chi connectivity index (χ2n) is 8.41. The molecule has 32 heavy (non-hydrogen) atoms. The highest BCUT2D eigenvalue weighted by Gasteiger charge is 2.54. The third-order valence-electron chi connectivity index (χ3n) is 6.35. The topological polar surface area (TPSA) is 80.4 Å². The van der Waals surface area contributed by atoms with Gasteiger partial charge in [-0.1, -0.05) is 31.5 Å². The first kappa shape index (κ1) is 22.6. The van der Waals surface area contributed by atoms with E-state index in [9.17, 15) is 18.0 Å². The molecule has 2 aromatic rings. The summed E-state index contributed by atoms with van der Waals surface area (Å²) in [5, 5.41) is 2.82. The number of anilines is 1. The van der Waals surface area contributed by atoms with Gasteiger partial charge < -0.3 is 11.1 Å². The van der Waals surface area contributed by atoms with Gasteiger partial charge in [-0.3, -0.25) is 14.8 Å². The fourth-order valence-electron chi connectivity index (χ4n) is 4.69. The number of aromatic nitrogens is 1. The van der Waals surface area contributed by atoms with Crippen molar-refractivity contribution in [2.24, 2.45) is 16.1 Å². The van der Waals surface area contributed by atoms with Crippen molar-refractivity contribution in [2.45, 2.75) is 44.3 Å². The highest BCUT2D eigenvalue weighted by molar-refractivity contribution is 8.13. The van der Waals surface area contributed by atoms with Crippen LogP contribution in [-0.2, 0) is 11.7 Å². The van der Waals surface area contributed by atoms with Gasteiger partial charge in [0.2, 0.25) is 0 Å². The van der Waals surface area contributed by atoms with Gasteiger partial charge in [0.15, 0.2) is 5.17 Å². The second-order valence-corrected chi connectivity index (χ2v) is 9.41. The zero-order valence-corrected chi connectivity index (χ0v) is 18.1. The Balaban J connectivity index is 1.73. The Labute approximate surface area is 186 Å². The standard InChI is InChI=1S/C22H22F4N4OS/c1-20-8-2-3-9-21(20,30-19(27)32-12-20)15-11-13(6-7-16(15)23)29-18(31)17-14(22(24,25)26)5-4-10-28-17/h4-7,10-11H,2-3,8-9,12H2,1H3,(H2,27,30)(H,29,31)/t20-,21+/m0/s1. The Morgan fingerprint density at radius 3 is 2.72 bits per heavy atom. The minimum Gasteiger partial charge on any atom is -0.379 e. The molecule has 5 nitrogen and oxygen atoms in total. The van der Waals surface area contributed by atoms with Gasteiger partial charge in [0.05, 0.1) is 11.1 Å². The van der Waals surface area contributed by atoms with Gasteiger partial charge in [-0.05, 0) is 43.2 Å². The summed E-state index contributed by atoms with van der Waals surface area (Å²) in [6, 6.07) is 5.88. The van der Waals surface area contributed by atoms with Gasteiger partial charge in [-0.2, -0.15) is 13.2 Å². The molecule has 2 aliphatic rings. The largest absolute Gasteiger partial charge is 0.418 e. The van der Waals surface area contributed by atoms with Crippen molar-refractivity contribution >= 4 is 28.5 Å². The number of hydrogen-bond acceptors (Lipinski definition) is 5. The summed E-state index contributed by atoms with van der Waals surface area (Å²) in [5.74, 6) is -0.837. The number of halogens is 4. The van der Waals surface area contributed by atoms with Crippen LogP contribution in [0.2, 0.25) is 0 Å². The molecular weight excluding hydrogens is 444 g/mol. The lowest BCUT2D eigenvalue weighted by atomic mass is 9.60. The minimum absolute atomic E-state index is 0.166. The van der Waals surface area contributed by atoms with Crippen molar-refractivity contribution in [3.63, 3.8) is 0 Å². The molecule has 1 aliphatic heterocycles. The molecule has 170 valence electrons. The predicted octanol–water partition coefficient (Wildman–Crippen LogP) is 5.33. The normalized spacial score (nSPS) is 25.6. The summed E-state index contributed by atoms with van der Waals surface area (Å²) in [5.41, 5.74) is 3.37. The van der Waals surface area contributed by atoms with E-state index in [0.717, 1.165) is 37.6 Å². The number of carbonyl (C=O) groups is 1. The lowest BCUT2D eigenvalue weighted by Crippen LogP contribution is -2.50. The van der Waals surface area contributed by atoms with Gasteiger partial charge in [0.1, 0.15) is 11.5 Å². The van der Waals surface area contributed by atoms with Gasteiger partial charge in [0, 0.05) is 28.6 Å². The van der Waals surface area contributed by atoms with Crippen LogP contribution in [0.4, 0.5) is 23.2 Å². The number of rotatable bonds is 3. The molecule has 2 atom stereocenters. The Hall–Kier alpha value is -2.62. The maximum absolute atomic E-state index is 15.1. The van der Waals surface area contributed by atoms with Gasteiger partial charge >= 0.3 is 6.18 Å². The quantitative estimate of drug-likeness (QED) is 0.600. The van der Waals surface area contributed by atoms with E-state index in [-0.39, 0.29) is 16.7 Å². The molecule has 4 rings (SSSR count). The molecule has 1 amide bonds. The molecule has 0 saturated heterocycles. The molecule has 1 saturated carbocycles. The highest BCUT2D eigenvalue weighted by Crippen LogP contribution is 2.57. The van der Waals surface area contributed by atoms with Crippen LogP contribution in [0.3, 0.4) is 0 Å². The molecule has 0 spiro atoms. The van der Waals surface area contributed by atoms with E-state index in [1.807, 2.05) is 0 Å². The predicted molar refractivity (Wildman–Crippen MR) is 116 cm³/mol. The number of nitrogens with two attached hydrogens (primary N) is 1. The number of amides is 1. The van der Waals surface area contributed by atoms with Crippen LogP contribution < -0.4 is 11.1 Å². The maximum atomic E-state index is 15.1. The number of thioether (sulfide) groups is 1. The van der Waals surface area contributed by atoms with E-state index in [4.69, 9.17) is 10.7 Å². The average molecular weight is 467 g/mol. The molecule has 10 heteroatoms. The SMILES string of the molecule is C[C@@]12CCCC[C@]1(c1cc(NC(=O)c3ncccc3C(F)(F)F)ccc1F)N=C(N)SC2. The van der Waals surface area contributed by atoms with Gasteiger partial charge in [0.25, 0.3) is 5.91 Å². The molecule has 0 unspecified atom stereocenters. The molecule has 1 aromatic carbocycles. The van der Waals surface area contributed by atoms with Gasteiger partial charge in [-0.25, -0.2) is 4.39 Å². The smallest absolute Gasteiger partial charge is 0.379 e. The van der Waals surface area contributed by atoms with Crippen molar-refractivity contribution < 1.29 is 22.4 Å². The zero-order valence-electron chi connectivity index (χ0n) is 17.3. The Kier molecular flexibility index (Phi) is 5.68. The second kappa shape index (κ2) is 8.06. The lowest BCUT2D eigenvalue weighted by molar-refractivity contribution is -0.138. The summed E-state index contributed by atoms with van der Waals surface area (Å²) < 4.78 is 54.9. The highest BCUT2D eigenvalue weighted by atomic mass is 32.2. The van der Waals surface area contributed by atoms with E-state index in [1.165, 1.54) is 30.0 Å². The number of alkyl halides is 3. The minimum atomic E-state index is -4.73. The van der Waals surface area contributed by atoms with Crippen LogP contribution in [0, 0.1) is 11.2 Å². The number of pyridine rings is 1.